The Balaban J connectivity index is 3.06. The third-order valence-electron chi connectivity index (χ3n) is 3.32. The number of aliphatic hydroxyl groups excluding tert-OH is 1. The summed E-state index contributed by atoms with van der Waals surface area (Å²) in [6, 6.07) is 4.99. The van der Waals surface area contributed by atoms with Crippen molar-refractivity contribution in [3.63, 3.8) is 0 Å². The van der Waals surface area contributed by atoms with Crippen LogP contribution in [0.5, 0.6) is 0 Å². The van der Waals surface area contributed by atoms with Crippen molar-refractivity contribution in [2.45, 2.75) is 46.1 Å². The van der Waals surface area contributed by atoms with Gasteiger partial charge in [0.1, 0.15) is 5.69 Å². The minimum Gasteiger partial charge on any atom is -0.392 e. The fraction of sp³-hybridized carbons (Fsp3) is 0.600. The van der Waals surface area contributed by atoms with Crippen LogP contribution in [0.25, 0.3) is 0 Å². The van der Waals surface area contributed by atoms with E-state index in [9.17, 15) is 10.1 Å². The summed E-state index contributed by atoms with van der Waals surface area (Å²) in [6.45, 7) is 5.71. The molecule has 0 aliphatic heterocycles. The van der Waals surface area contributed by atoms with Crippen LogP contribution in [0.15, 0.2) is 18.2 Å². The van der Waals surface area contributed by atoms with Crippen molar-refractivity contribution in [1.82, 2.24) is 0 Å². The topological polar surface area (TPSA) is 66.6 Å². The molecule has 0 aromatic heterocycles. The summed E-state index contributed by atoms with van der Waals surface area (Å²) < 4.78 is 0. The maximum Gasteiger partial charge on any atom is 0.292 e. The highest BCUT2D eigenvalue weighted by atomic mass is 16.6. The summed E-state index contributed by atoms with van der Waals surface area (Å²) >= 11 is 0. The summed E-state index contributed by atoms with van der Waals surface area (Å²) in [7, 11) is 0. The summed E-state index contributed by atoms with van der Waals surface area (Å²) in [5.74, 6) is 0. The molecule has 0 unspecified atom stereocenters. The number of anilines is 1. The molecule has 5 nitrogen and oxygen atoms in total. The average molecular weight is 280 g/mol. The second-order valence-corrected chi connectivity index (χ2v) is 4.93. The highest BCUT2D eigenvalue weighted by Gasteiger charge is 2.19. The fourth-order valence-corrected chi connectivity index (χ4v) is 2.13. The molecule has 1 aromatic carbocycles. The Morgan fingerprint density at radius 3 is 2.25 bits per heavy atom. The average Bonchev–Trinajstić information content (AvgIpc) is 2.47. The van der Waals surface area contributed by atoms with E-state index >= 15 is 0 Å². The lowest BCUT2D eigenvalue weighted by atomic mass is 10.1. The van der Waals surface area contributed by atoms with Crippen LogP contribution in [0.4, 0.5) is 11.4 Å². The second kappa shape index (κ2) is 8.53. The van der Waals surface area contributed by atoms with E-state index in [2.05, 4.69) is 18.7 Å². The van der Waals surface area contributed by atoms with Crippen molar-refractivity contribution in [2.24, 2.45) is 0 Å². The van der Waals surface area contributed by atoms with Crippen LogP contribution in [0, 0.1) is 10.1 Å². The standard InChI is InChI=1S/C15H24N2O3/c1-3-5-9-16(10-6-4-2)14-8-7-13(12-18)11-15(14)17(19)20/h7-8,11,18H,3-6,9-10,12H2,1-2H3. The van der Waals surface area contributed by atoms with Crippen LogP contribution in [-0.2, 0) is 6.61 Å². The Labute approximate surface area is 120 Å². The van der Waals surface area contributed by atoms with Gasteiger partial charge in [-0.05, 0) is 24.5 Å². The predicted octanol–water partition coefficient (Wildman–Crippen LogP) is 3.49. The van der Waals surface area contributed by atoms with Gasteiger partial charge in [-0.1, -0.05) is 32.8 Å². The van der Waals surface area contributed by atoms with E-state index in [1.807, 2.05) is 0 Å². The molecule has 0 aliphatic rings. The lowest BCUT2D eigenvalue weighted by Gasteiger charge is -2.24. The number of hydrogen-bond acceptors (Lipinski definition) is 4. The molecule has 1 aromatic rings. The first-order valence-electron chi connectivity index (χ1n) is 7.27. The molecule has 20 heavy (non-hydrogen) atoms. The Kier molecular flexibility index (Phi) is 7.01. The van der Waals surface area contributed by atoms with Gasteiger partial charge >= 0.3 is 0 Å². The minimum atomic E-state index is -0.362. The quantitative estimate of drug-likeness (QED) is 0.555. The number of nitrogens with zero attached hydrogens (tertiary/aromatic N) is 2. The summed E-state index contributed by atoms with van der Waals surface area (Å²) in [5.41, 5.74) is 1.32. The lowest BCUT2D eigenvalue weighted by molar-refractivity contribution is -0.384. The van der Waals surface area contributed by atoms with E-state index in [0.29, 0.717) is 11.3 Å². The summed E-state index contributed by atoms with van der Waals surface area (Å²) in [4.78, 5) is 13.0. The van der Waals surface area contributed by atoms with E-state index in [1.54, 1.807) is 12.1 Å². The maximum absolute atomic E-state index is 11.2. The lowest BCUT2D eigenvalue weighted by Crippen LogP contribution is -2.26. The van der Waals surface area contributed by atoms with Crippen molar-refractivity contribution in [3.8, 4) is 0 Å². The number of nitro benzene ring substituents is 1. The van der Waals surface area contributed by atoms with Gasteiger partial charge in [-0.15, -0.1) is 0 Å². The smallest absolute Gasteiger partial charge is 0.292 e. The predicted molar refractivity (Wildman–Crippen MR) is 81.0 cm³/mol. The van der Waals surface area contributed by atoms with E-state index < -0.39 is 0 Å². The SMILES string of the molecule is CCCCN(CCCC)c1ccc(CO)cc1[N+](=O)[O-]. The number of aliphatic hydroxyl groups is 1. The zero-order chi connectivity index (χ0) is 15.0. The molecule has 112 valence electrons. The molecule has 0 aliphatic carbocycles. The molecule has 0 spiro atoms. The highest BCUT2D eigenvalue weighted by molar-refractivity contribution is 5.64. The van der Waals surface area contributed by atoms with Gasteiger partial charge in [-0.25, -0.2) is 0 Å². The first kappa shape index (κ1) is 16.4. The number of unbranched alkanes of at least 4 members (excludes halogenated alkanes) is 2. The molecular formula is C15H24N2O3. The molecule has 1 N–H and O–H groups in total. The Morgan fingerprint density at radius 2 is 1.80 bits per heavy atom. The van der Waals surface area contributed by atoms with Gasteiger partial charge in [0.25, 0.3) is 5.69 Å². The van der Waals surface area contributed by atoms with Crippen LogP contribution < -0.4 is 4.90 Å². The number of benzene rings is 1. The van der Waals surface area contributed by atoms with E-state index in [4.69, 9.17) is 5.11 Å². The molecule has 1 rings (SSSR count). The summed E-state index contributed by atoms with van der Waals surface area (Å²) in [6.07, 6.45) is 4.15. The normalized spacial score (nSPS) is 10.6. The van der Waals surface area contributed by atoms with Crippen molar-refractivity contribution in [1.29, 1.82) is 0 Å². The molecule has 5 heteroatoms. The Hall–Kier alpha value is -1.62. The first-order chi connectivity index (χ1) is 9.63. The van der Waals surface area contributed by atoms with Gasteiger partial charge in [0.05, 0.1) is 11.5 Å². The fourth-order valence-electron chi connectivity index (χ4n) is 2.13. The van der Waals surface area contributed by atoms with Crippen LogP contribution in [0.1, 0.15) is 45.1 Å². The van der Waals surface area contributed by atoms with Crippen LogP contribution in [0.2, 0.25) is 0 Å². The molecule has 0 amide bonds. The van der Waals surface area contributed by atoms with Gasteiger partial charge in [-0.3, -0.25) is 10.1 Å². The Morgan fingerprint density at radius 1 is 1.20 bits per heavy atom. The van der Waals surface area contributed by atoms with Gasteiger partial charge in [0, 0.05) is 19.2 Å². The largest absolute Gasteiger partial charge is 0.392 e. The Bertz CT molecular complexity index is 427. The van der Waals surface area contributed by atoms with Crippen molar-refractivity contribution >= 4 is 11.4 Å². The van der Waals surface area contributed by atoms with Crippen LogP contribution >= 0.6 is 0 Å². The second-order valence-electron chi connectivity index (χ2n) is 4.93. The molecule has 0 radical (unpaired) electrons. The van der Waals surface area contributed by atoms with Crippen molar-refractivity contribution in [2.75, 3.05) is 18.0 Å². The maximum atomic E-state index is 11.2. The highest BCUT2D eigenvalue weighted by Crippen LogP contribution is 2.30. The number of hydrogen-bond donors (Lipinski definition) is 1. The zero-order valence-electron chi connectivity index (χ0n) is 12.3. The van der Waals surface area contributed by atoms with Gasteiger partial charge in [0.2, 0.25) is 0 Å². The molecular weight excluding hydrogens is 256 g/mol. The van der Waals surface area contributed by atoms with Gasteiger partial charge in [0.15, 0.2) is 0 Å². The van der Waals surface area contributed by atoms with E-state index in [0.717, 1.165) is 38.8 Å². The summed E-state index contributed by atoms with van der Waals surface area (Å²) in [5, 5.41) is 20.4. The number of rotatable bonds is 9. The van der Waals surface area contributed by atoms with E-state index in [-0.39, 0.29) is 17.2 Å². The zero-order valence-corrected chi connectivity index (χ0v) is 12.3. The molecule has 0 heterocycles. The van der Waals surface area contributed by atoms with Crippen LogP contribution in [0.3, 0.4) is 0 Å². The minimum absolute atomic E-state index is 0.0868. The van der Waals surface area contributed by atoms with Crippen molar-refractivity contribution in [3.05, 3.63) is 33.9 Å². The van der Waals surface area contributed by atoms with Crippen molar-refractivity contribution < 1.29 is 10.0 Å². The van der Waals surface area contributed by atoms with Gasteiger partial charge < -0.3 is 10.0 Å². The monoisotopic (exact) mass is 280 g/mol. The molecule has 0 bridgehead atoms. The third kappa shape index (κ3) is 4.49. The molecule has 0 atom stereocenters. The molecule has 0 saturated heterocycles. The third-order valence-corrected chi connectivity index (χ3v) is 3.32. The molecule has 0 saturated carbocycles. The van der Waals surface area contributed by atoms with Crippen LogP contribution in [-0.4, -0.2) is 23.1 Å². The van der Waals surface area contributed by atoms with E-state index in [1.165, 1.54) is 6.07 Å². The number of nitro groups is 1. The van der Waals surface area contributed by atoms with Gasteiger partial charge in [-0.2, -0.15) is 0 Å². The first-order valence-corrected chi connectivity index (χ1v) is 7.27. The molecule has 0 fully saturated rings.